The molecule has 0 aliphatic rings. The van der Waals surface area contributed by atoms with Crippen molar-refractivity contribution < 1.29 is 0 Å². The van der Waals surface area contributed by atoms with E-state index in [2.05, 4.69) is 10.1 Å². The normalized spacial score (nSPS) is 10.8. The minimum absolute atomic E-state index is 0.751. The van der Waals surface area contributed by atoms with Crippen molar-refractivity contribution in [3.05, 3.63) is 48.8 Å². The number of hydrogen-bond acceptors (Lipinski definition) is 2. The van der Waals surface area contributed by atoms with E-state index in [4.69, 9.17) is 7.85 Å². The van der Waals surface area contributed by atoms with E-state index in [9.17, 15) is 0 Å². The van der Waals surface area contributed by atoms with Crippen LogP contribution >= 0.6 is 0 Å². The summed E-state index contributed by atoms with van der Waals surface area (Å²) in [6.07, 6.45) is 3.60. The Balaban J connectivity index is 2.20. The first-order chi connectivity index (χ1) is 7.83. The van der Waals surface area contributed by atoms with Crippen LogP contribution in [0.1, 0.15) is 0 Å². The Morgan fingerprint density at radius 1 is 1.12 bits per heavy atom. The summed E-state index contributed by atoms with van der Waals surface area (Å²) in [6.45, 7) is 0. The third kappa shape index (κ3) is 1.48. The summed E-state index contributed by atoms with van der Waals surface area (Å²) in [7, 11) is 5.71. The molecule has 0 fully saturated rings. The number of benzene rings is 1. The van der Waals surface area contributed by atoms with Gasteiger partial charge >= 0.3 is 0 Å². The molecule has 3 aromatic rings. The van der Waals surface area contributed by atoms with E-state index >= 15 is 0 Å². The van der Waals surface area contributed by atoms with E-state index in [-0.39, 0.29) is 0 Å². The van der Waals surface area contributed by atoms with Gasteiger partial charge in [-0.15, -0.1) is 0 Å². The topological polar surface area (TPSA) is 30.7 Å². The van der Waals surface area contributed by atoms with Gasteiger partial charge in [-0.05, 0) is 29.7 Å². The van der Waals surface area contributed by atoms with Crippen molar-refractivity contribution in [3.8, 4) is 5.82 Å². The third-order valence-electron chi connectivity index (χ3n) is 2.44. The summed E-state index contributed by atoms with van der Waals surface area (Å²) < 4.78 is 1.73. The van der Waals surface area contributed by atoms with E-state index in [1.54, 1.807) is 10.9 Å². The number of hydrogen-bond donors (Lipinski definition) is 0. The summed E-state index contributed by atoms with van der Waals surface area (Å²) in [5.41, 5.74) is 1.67. The minimum atomic E-state index is 0.751. The summed E-state index contributed by atoms with van der Waals surface area (Å²) in [5.74, 6) is 0.808. The van der Waals surface area contributed by atoms with Crippen molar-refractivity contribution in [2.75, 3.05) is 0 Å². The second-order valence-corrected chi connectivity index (χ2v) is 3.57. The van der Waals surface area contributed by atoms with Crippen LogP contribution < -0.4 is 5.46 Å². The molecule has 0 amide bonds. The summed E-state index contributed by atoms with van der Waals surface area (Å²) in [5, 5.41) is 5.18. The van der Waals surface area contributed by atoms with E-state index < -0.39 is 0 Å². The molecule has 0 aliphatic carbocycles. The molecule has 0 saturated heterocycles. The van der Waals surface area contributed by atoms with Crippen molar-refractivity contribution in [2.24, 2.45) is 0 Å². The highest BCUT2D eigenvalue weighted by molar-refractivity contribution is 6.33. The zero-order chi connectivity index (χ0) is 11.0. The van der Waals surface area contributed by atoms with Gasteiger partial charge in [-0.1, -0.05) is 17.6 Å². The molecule has 0 bridgehead atoms. The second-order valence-electron chi connectivity index (χ2n) is 3.57. The van der Waals surface area contributed by atoms with Gasteiger partial charge < -0.3 is 0 Å². The molecule has 1 aromatic carbocycles. The molecule has 16 heavy (non-hydrogen) atoms. The fraction of sp³-hybridized carbons (Fsp3) is 0. The van der Waals surface area contributed by atoms with E-state index in [1.807, 2.05) is 42.6 Å². The lowest BCUT2D eigenvalue weighted by atomic mass is 9.95. The monoisotopic (exact) mass is 205 g/mol. The third-order valence-corrected chi connectivity index (χ3v) is 2.44. The number of pyridine rings is 1. The van der Waals surface area contributed by atoms with Crippen LogP contribution in [0.5, 0.6) is 0 Å². The maximum atomic E-state index is 5.71. The van der Waals surface area contributed by atoms with Crippen LogP contribution in [0.2, 0.25) is 0 Å². The summed E-state index contributed by atoms with van der Waals surface area (Å²) in [6, 6.07) is 11.5. The Morgan fingerprint density at radius 2 is 2.06 bits per heavy atom. The molecule has 0 unspecified atom stereocenters. The van der Waals surface area contributed by atoms with Gasteiger partial charge in [-0.25, -0.2) is 9.67 Å². The lowest BCUT2D eigenvalue weighted by molar-refractivity contribution is 0.853. The van der Waals surface area contributed by atoms with E-state index in [0.717, 1.165) is 22.2 Å². The lowest BCUT2D eigenvalue weighted by Gasteiger charge is -2.03. The Kier molecular flexibility index (Phi) is 1.99. The fourth-order valence-corrected chi connectivity index (χ4v) is 1.67. The van der Waals surface area contributed by atoms with Gasteiger partial charge in [0.25, 0.3) is 0 Å². The zero-order valence-electron chi connectivity index (χ0n) is 8.54. The molecule has 4 heteroatoms. The first-order valence-corrected chi connectivity index (χ1v) is 4.99. The average molecular weight is 205 g/mol. The van der Waals surface area contributed by atoms with Crippen molar-refractivity contribution in [1.82, 2.24) is 14.8 Å². The SMILES string of the molecule is [B]c1ccc2nc(-n3cccn3)ccc2c1. The van der Waals surface area contributed by atoms with Gasteiger partial charge in [-0.2, -0.15) is 5.10 Å². The summed E-state index contributed by atoms with van der Waals surface area (Å²) >= 11 is 0. The largest absolute Gasteiger partial charge is 0.229 e. The second kappa shape index (κ2) is 3.49. The molecule has 74 valence electrons. The number of nitrogens with zero attached hydrogens (tertiary/aromatic N) is 3. The zero-order valence-corrected chi connectivity index (χ0v) is 8.54. The molecule has 2 heterocycles. The molecule has 2 aromatic heterocycles. The maximum absolute atomic E-state index is 5.71. The molecule has 0 aliphatic heterocycles. The molecule has 3 rings (SSSR count). The lowest BCUT2D eigenvalue weighted by Crippen LogP contribution is -2.02. The Morgan fingerprint density at radius 3 is 2.88 bits per heavy atom. The molecular formula is C12H8BN3. The van der Waals surface area contributed by atoms with E-state index in [0.29, 0.717) is 0 Å². The summed E-state index contributed by atoms with van der Waals surface area (Å²) in [4.78, 5) is 4.50. The van der Waals surface area contributed by atoms with Crippen LogP contribution in [0.4, 0.5) is 0 Å². The van der Waals surface area contributed by atoms with Crippen LogP contribution in [0.25, 0.3) is 16.7 Å². The number of aromatic nitrogens is 3. The minimum Gasteiger partial charge on any atom is -0.229 e. The highest BCUT2D eigenvalue weighted by atomic mass is 15.3. The molecule has 0 atom stereocenters. The molecule has 2 radical (unpaired) electrons. The van der Waals surface area contributed by atoms with Crippen molar-refractivity contribution in [2.45, 2.75) is 0 Å². The first kappa shape index (κ1) is 9.15. The standard InChI is InChI=1S/C12H8BN3/c13-10-3-4-11-9(8-10)2-5-12(15-11)16-7-1-6-14-16/h1-8H. The maximum Gasteiger partial charge on any atom is 0.153 e. The molecule has 3 nitrogen and oxygen atoms in total. The van der Waals surface area contributed by atoms with Crippen molar-refractivity contribution in [1.29, 1.82) is 0 Å². The predicted molar refractivity (Wildman–Crippen MR) is 64.3 cm³/mol. The number of rotatable bonds is 1. The molecule has 0 N–H and O–H groups in total. The predicted octanol–water partition coefficient (Wildman–Crippen LogP) is 1.21. The Labute approximate surface area is 94.1 Å². The average Bonchev–Trinajstić information content (AvgIpc) is 2.82. The first-order valence-electron chi connectivity index (χ1n) is 4.99. The van der Waals surface area contributed by atoms with Gasteiger partial charge in [0.2, 0.25) is 0 Å². The van der Waals surface area contributed by atoms with Crippen LogP contribution in [-0.4, -0.2) is 22.6 Å². The molecule has 0 spiro atoms. The Hall–Kier alpha value is -2.10. The van der Waals surface area contributed by atoms with Gasteiger partial charge in [0.1, 0.15) is 7.85 Å². The van der Waals surface area contributed by atoms with Gasteiger partial charge in [0, 0.05) is 12.4 Å². The van der Waals surface area contributed by atoms with Crippen LogP contribution in [-0.2, 0) is 0 Å². The highest BCUT2D eigenvalue weighted by Crippen LogP contribution is 2.12. The quantitative estimate of drug-likeness (QED) is 0.559. The van der Waals surface area contributed by atoms with Crippen LogP contribution in [0.15, 0.2) is 48.8 Å². The fourth-order valence-electron chi connectivity index (χ4n) is 1.67. The van der Waals surface area contributed by atoms with Gasteiger partial charge in [0.05, 0.1) is 5.52 Å². The number of fused-ring (bicyclic) bond motifs is 1. The van der Waals surface area contributed by atoms with Crippen LogP contribution in [0, 0.1) is 0 Å². The highest BCUT2D eigenvalue weighted by Gasteiger charge is 2.00. The van der Waals surface area contributed by atoms with E-state index in [1.165, 1.54) is 0 Å². The van der Waals surface area contributed by atoms with Gasteiger partial charge in [0.15, 0.2) is 5.82 Å². The molecular weight excluding hydrogens is 197 g/mol. The van der Waals surface area contributed by atoms with Crippen molar-refractivity contribution >= 4 is 24.2 Å². The van der Waals surface area contributed by atoms with Gasteiger partial charge in [-0.3, -0.25) is 0 Å². The molecule has 0 saturated carbocycles. The van der Waals surface area contributed by atoms with Crippen molar-refractivity contribution in [3.63, 3.8) is 0 Å². The Bertz CT molecular complexity index is 632. The smallest absolute Gasteiger partial charge is 0.153 e. The van der Waals surface area contributed by atoms with Crippen LogP contribution in [0.3, 0.4) is 0 Å².